The van der Waals surface area contributed by atoms with Gasteiger partial charge in [-0.1, -0.05) is 129 Å². The van der Waals surface area contributed by atoms with Crippen LogP contribution in [-0.2, 0) is 19.1 Å². The van der Waals surface area contributed by atoms with Gasteiger partial charge in [0.1, 0.15) is 0 Å². The Labute approximate surface area is 216 Å². The van der Waals surface area contributed by atoms with Gasteiger partial charge in [-0.05, 0) is 25.2 Å². The molecule has 0 saturated heterocycles. The molecular formula is C30H56O5. The number of esters is 2. The van der Waals surface area contributed by atoms with Crippen LogP contribution in [0.2, 0.25) is 0 Å². The highest BCUT2D eigenvalue weighted by Crippen LogP contribution is 2.19. The van der Waals surface area contributed by atoms with Crippen LogP contribution in [0.1, 0.15) is 168 Å². The van der Waals surface area contributed by atoms with Gasteiger partial charge >= 0.3 is 17.9 Å². The third-order valence-corrected chi connectivity index (χ3v) is 7.00. The van der Waals surface area contributed by atoms with Gasteiger partial charge in [-0.15, -0.1) is 0 Å². The minimum Gasteiger partial charge on any atom is -0.481 e. The van der Waals surface area contributed by atoms with Crippen molar-refractivity contribution < 1.29 is 24.2 Å². The van der Waals surface area contributed by atoms with Crippen molar-refractivity contribution in [1.82, 2.24) is 0 Å². The van der Waals surface area contributed by atoms with Crippen LogP contribution in [-0.4, -0.2) is 23.0 Å². The molecule has 0 radical (unpaired) electrons. The van der Waals surface area contributed by atoms with Crippen LogP contribution in [0.4, 0.5) is 0 Å². The SMILES string of the molecule is CCCCCCCCCCCCCC(=O)OC(=O)CCCCCCCCCCC(CC)CC(=O)O. The Bertz CT molecular complexity index is 517. The molecule has 5 heteroatoms. The Morgan fingerprint density at radius 3 is 1.31 bits per heavy atom. The first kappa shape index (κ1) is 33.6. The molecule has 0 aliphatic carbocycles. The van der Waals surface area contributed by atoms with Gasteiger partial charge < -0.3 is 9.84 Å². The summed E-state index contributed by atoms with van der Waals surface area (Å²) in [5.74, 6) is -1.10. The Hall–Kier alpha value is -1.39. The summed E-state index contributed by atoms with van der Waals surface area (Å²) in [5, 5.41) is 8.89. The second-order valence-corrected chi connectivity index (χ2v) is 10.4. The molecule has 1 N–H and O–H groups in total. The van der Waals surface area contributed by atoms with Crippen molar-refractivity contribution in [3.05, 3.63) is 0 Å². The zero-order valence-electron chi connectivity index (χ0n) is 23.1. The van der Waals surface area contributed by atoms with Crippen LogP contribution in [0.5, 0.6) is 0 Å². The summed E-state index contributed by atoms with van der Waals surface area (Å²) >= 11 is 0. The van der Waals surface area contributed by atoms with E-state index in [2.05, 4.69) is 13.8 Å². The molecule has 0 aliphatic heterocycles. The molecule has 0 amide bonds. The summed E-state index contributed by atoms with van der Waals surface area (Å²) in [6.07, 6.45) is 25.3. The van der Waals surface area contributed by atoms with Crippen LogP contribution in [0, 0.1) is 5.92 Å². The molecule has 0 saturated carbocycles. The van der Waals surface area contributed by atoms with Crippen molar-refractivity contribution >= 4 is 17.9 Å². The van der Waals surface area contributed by atoms with Crippen LogP contribution < -0.4 is 0 Å². The lowest BCUT2D eigenvalue weighted by Crippen LogP contribution is -2.11. The lowest BCUT2D eigenvalue weighted by molar-refractivity contribution is -0.159. The molecule has 0 bridgehead atoms. The largest absolute Gasteiger partial charge is 0.481 e. The van der Waals surface area contributed by atoms with E-state index in [4.69, 9.17) is 9.84 Å². The number of ether oxygens (including phenoxy) is 1. The van der Waals surface area contributed by atoms with Gasteiger partial charge in [-0.25, -0.2) is 0 Å². The summed E-state index contributed by atoms with van der Waals surface area (Å²) < 4.78 is 4.95. The average Bonchev–Trinajstić information content (AvgIpc) is 2.82. The lowest BCUT2D eigenvalue weighted by atomic mass is 9.95. The average molecular weight is 497 g/mol. The summed E-state index contributed by atoms with van der Waals surface area (Å²) in [7, 11) is 0. The normalized spacial score (nSPS) is 11.9. The number of carbonyl (C=O) groups is 3. The molecule has 0 rings (SSSR count). The van der Waals surface area contributed by atoms with Crippen molar-refractivity contribution in [2.75, 3.05) is 0 Å². The summed E-state index contributed by atoms with van der Waals surface area (Å²) in [4.78, 5) is 34.4. The number of aliphatic carboxylic acids is 1. The van der Waals surface area contributed by atoms with E-state index < -0.39 is 5.97 Å². The summed E-state index contributed by atoms with van der Waals surface area (Å²) in [6.45, 7) is 4.31. The van der Waals surface area contributed by atoms with Crippen LogP contribution in [0.3, 0.4) is 0 Å². The molecule has 0 aromatic heterocycles. The Balaban J connectivity index is 3.41. The predicted octanol–water partition coefficient (Wildman–Crippen LogP) is 9.16. The van der Waals surface area contributed by atoms with Gasteiger partial charge in [-0.2, -0.15) is 0 Å². The van der Waals surface area contributed by atoms with E-state index in [-0.39, 0.29) is 11.9 Å². The molecule has 206 valence electrons. The molecule has 0 spiro atoms. The van der Waals surface area contributed by atoms with Gasteiger partial charge in [0.15, 0.2) is 0 Å². The summed E-state index contributed by atoms with van der Waals surface area (Å²) in [5.41, 5.74) is 0. The number of rotatable bonds is 26. The van der Waals surface area contributed by atoms with Gasteiger partial charge in [0.05, 0.1) is 0 Å². The Kier molecular flexibility index (Phi) is 24.7. The third kappa shape index (κ3) is 25.5. The maximum Gasteiger partial charge on any atom is 0.313 e. The fraction of sp³-hybridized carbons (Fsp3) is 0.900. The molecule has 1 unspecified atom stereocenters. The fourth-order valence-corrected chi connectivity index (χ4v) is 4.62. The molecule has 0 aliphatic rings. The lowest BCUT2D eigenvalue weighted by Gasteiger charge is -2.11. The van der Waals surface area contributed by atoms with Crippen LogP contribution in [0.15, 0.2) is 0 Å². The zero-order chi connectivity index (χ0) is 26.0. The standard InChI is InChI=1S/C30H56O5/c1-3-5-6-7-8-9-10-11-15-18-21-24-29(33)35-30(34)25-22-19-16-13-12-14-17-20-23-27(4-2)26-28(31)32/h27H,3-26H2,1-2H3,(H,31,32). The van der Waals surface area contributed by atoms with E-state index in [9.17, 15) is 14.4 Å². The molecule has 0 aromatic rings. The number of unbranched alkanes of at least 4 members (excludes halogenated alkanes) is 17. The van der Waals surface area contributed by atoms with Crippen molar-refractivity contribution in [2.45, 2.75) is 168 Å². The molecule has 0 fully saturated rings. The van der Waals surface area contributed by atoms with E-state index in [1.54, 1.807) is 0 Å². The molecule has 0 aromatic carbocycles. The predicted molar refractivity (Wildman–Crippen MR) is 144 cm³/mol. The second-order valence-electron chi connectivity index (χ2n) is 10.4. The zero-order valence-corrected chi connectivity index (χ0v) is 23.1. The maximum absolute atomic E-state index is 11.8. The van der Waals surface area contributed by atoms with E-state index in [1.165, 1.54) is 83.5 Å². The fourth-order valence-electron chi connectivity index (χ4n) is 4.62. The highest BCUT2D eigenvalue weighted by Gasteiger charge is 2.11. The number of carboxylic acids is 1. The number of carboxylic acid groups (broad SMARTS) is 1. The molecule has 1 atom stereocenters. The number of carbonyl (C=O) groups excluding carboxylic acids is 2. The first-order valence-electron chi connectivity index (χ1n) is 14.9. The Morgan fingerprint density at radius 1 is 0.571 bits per heavy atom. The first-order valence-corrected chi connectivity index (χ1v) is 14.9. The van der Waals surface area contributed by atoms with E-state index >= 15 is 0 Å². The molecule has 0 heterocycles. The monoisotopic (exact) mass is 496 g/mol. The minimum absolute atomic E-state index is 0.296. The highest BCUT2D eigenvalue weighted by molar-refractivity contribution is 5.85. The highest BCUT2D eigenvalue weighted by atomic mass is 16.6. The summed E-state index contributed by atoms with van der Waals surface area (Å²) in [6, 6.07) is 0. The smallest absolute Gasteiger partial charge is 0.313 e. The van der Waals surface area contributed by atoms with E-state index in [0.29, 0.717) is 25.2 Å². The van der Waals surface area contributed by atoms with Crippen molar-refractivity contribution in [1.29, 1.82) is 0 Å². The Morgan fingerprint density at radius 2 is 0.943 bits per heavy atom. The molecule has 35 heavy (non-hydrogen) atoms. The maximum atomic E-state index is 11.8. The topological polar surface area (TPSA) is 80.7 Å². The van der Waals surface area contributed by atoms with Gasteiger partial charge in [0.2, 0.25) is 0 Å². The minimum atomic E-state index is -0.686. The quantitative estimate of drug-likeness (QED) is 0.0733. The van der Waals surface area contributed by atoms with Gasteiger partial charge in [0.25, 0.3) is 0 Å². The number of hydrogen-bond acceptors (Lipinski definition) is 4. The number of hydrogen-bond donors (Lipinski definition) is 1. The third-order valence-electron chi connectivity index (χ3n) is 7.00. The second kappa shape index (κ2) is 25.7. The van der Waals surface area contributed by atoms with E-state index in [0.717, 1.165) is 51.4 Å². The van der Waals surface area contributed by atoms with Gasteiger partial charge in [-0.3, -0.25) is 14.4 Å². The first-order chi connectivity index (χ1) is 17.0. The van der Waals surface area contributed by atoms with Crippen LogP contribution >= 0.6 is 0 Å². The molecular weight excluding hydrogens is 440 g/mol. The van der Waals surface area contributed by atoms with E-state index in [1.807, 2.05) is 0 Å². The van der Waals surface area contributed by atoms with Crippen molar-refractivity contribution in [2.24, 2.45) is 5.92 Å². The van der Waals surface area contributed by atoms with Crippen LogP contribution in [0.25, 0.3) is 0 Å². The molecule has 5 nitrogen and oxygen atoms in total. The van der Waals surface area contributed by atoms with Crippen molar-refractivity contribution in [3.63, 3.8) is 0 Å². The van der Waals surface area contributed by atoms with Gasteiger partial charge in [0, 0.05) is 19.3 Å². The van der Waals surface area contributed by atoms with Crippen molar-refractivity contribution in [3.8, 4) is 0 Å².